The van der Waals surface area contributed by atoms with Crippen molar-refractivity contribution in [1.29, 1.82) is 0 Å². The van der Waals surface area contributed by atoms with Gasteiger partial charge in [0, 0.05) is 6.20 Å². The normalized spacial score (nSPS) is 17.3. The summed E-state index contributed by atoms with van der Waals surface area (Å²) in [7, 11) is 0. The lowest BCUT2D eigenvalue weighted by Crippen LogP contribution is -2.29. The van der Waals surface area contributed by atoms with E-state index in [1.54, 1.807) is 24.3 Å². The zero-order valence-corrected chi connectivity index (χ0v) is 20.4. The second kappa shape index (κ2) is 9.37. The lowest BCUT2D eigenvalue weighted by atomic mass is 9.96. The first kappa shape index (κ1) is 23.4. The zero-order valence-electron chi connectivity index (χ0n) is 20.4. The Kier molecular flexibility index (Phi) is 6.10. The molecule has 1 N–H and O–H groups in total. The number of furan rings is 1. The number of pyridine rings is 1. The number of hydrogen-bond acceptors (Lipinski definition) is 6. The van der Waals surface area contributed by atoms with Gasteiger partial charge in [-0.3, -0.25) is 9.59 Å². The van der Waals surface area contributed by atoms with Crippen LogP contribution in [0.5, 0.6) is 5.75 Å². The zero-order chi connectivity index (χ0) is 25.4. The number of carbonyl (C=O) groups is 2. The van der Waals surface area contributed by atoms with Crippen molar-refractivity contribution < 1.29 is 23.8 Å². The molecule has 3 aromatic heterocycles. The maximum atomic E-state index is 13.3. The SMILES string of the molecule is CCCOc1ccc(C2C(=C(O)c3nc4c(C)cccn4c3C)C(=O)C(=O)N2Cc2ccco2)cc1. The van der Waals surface area contributed by atoms with Crippen LogP contribution in [0.15, 0.2) is 71.0 Å². The van der Waals surface area contributed by atoms with Gasteiger partial charge in [0.2, 0.25) is 0 Å². The Morgan fingerprint density at radius 2 is 1.89 bits per heavy atom. The second-order valence-electron chi connectivity index (χ2n) is 8.85. The Morgan fingerprint density at radius 1 is 1.11 bits per heavy atom. The monoisotopic (exact) mass is 485 g/mol. The molecule has 1 aromatic carbocycles. The smallest absolute Gasteiger partial charge is 0.296 e. The number of nitrogens with zero attached hydrogens (tertiary/aromatic N) is 3. The number of hydrogen-bond donors (Lipinski definition) is 1. The number of aliphatic hydroxyl groups is 1. The minimum atomic E-state index is -0.819. The largest absolute Gasteiger partial charge is 0.505 e. The minimum absolute atomic E-state index is 0.00191. The van der Waals surface area contributed by atoms with Gasteiger partial charge in [-0.15, -0.1) is 0 Å². The number of ketones is 1. The highest BCUT2D eigenvalue weighted by molar-refractivity contribution is 6.46. The third-order valence-electron chi connectivity index (χ3n) is 6.42. The summed E-state index contributed by atoms with van der Waals surface area (Å²) in [6.45, 7) is 6.44. The molecule has 0 radical (unpaired) electrons. The molecule has 0 bridgehead atoms. The Morgan fingerprint density at radius 3 is 2.56 bits per heavy atom. The number of fused-ring (bicyclic) bond motifs is 1. The van der Waals surface area contributed by atoms with Crippen LogP contribution in [0, 0.1) is 13.8 Å². The van der Waals surface area contributed by atoms with Crippen molar-refractivity contribution in [3.8, 4) is 5.75 Å². The Hall–Kier alpha value is -4.33. The van der Waals surface area contributed by atoms with Crippen LogP contribution in [0.25, 0.3) is 11.4 Å². The molecule has 1 saturated heterocycles. The van der Waals surface area contributed by atoms with E-state index in [1.165, 1.54) is 11.2 Å². The number of aryl methyl sites for hydroxylation is 2. The summed E-state index contributed by atoms with van der Waals surface area (Å²) >= 11 is 0. The fourth-order valence-electron chi connectivity index (χ4n) is 4.60. The van der Waals surface area contributed by atoms with Crippen molar-refractivity contribution in [3.63, 3.8) is 0 Å². The molecule has 4 aromatic rings. The molecule has 5 rings (SSSR count). The molecule has 184 valence electrons. The van der Waals surface area contributed by atoms with Gasteiger partial charge in [0.1, 0.15) is 22.9 Å². The number of rotatable bonds is 7. The van der Waals surface area contributed by atoms with Gasteiger partial charge in [0.05, 0.1) is 36.7 Å². The Labute approximate surface area is 208 Å². The summed E-state index contributed by atoms with van der Waals surface area (Å²) in [5.74, 6) is -0.544. The lowest BCUT2D eigenvalue weighted by molar-refractivity contribution is -0.140. The lowest BCUT2D eigenvalue weighted by Gasteiger charge is -2.24. The average molecular weight is 486 g/mol. The number of aliphatic hydroxyl groups excluding tert-OH is 1. The van der Waals surface area contributed by atoms with E-state index in [0.29, 0.717) is 35.0 Å². The van der Waals surface area contributed by atoms with Crippen LogP contribution in [0.1, 0.15) is 47.7 Å². The maximum absolute atomic E-state index is 13.3. The highest BCUT2D eigenvalue weighted by atomic mass is 16.5. The van der Waals surface area contributed by atoms with Crippen LogP contribution >= 0.6 is 0 Å². The van der Waals surface area contributed by atoms with Crippen LogP contribution < -0.4 is 4.74 Å². The summed E-state index contributed by atoms with van der Waals surface area (Å²) < 4.78 is 13.0. The molecule has 1 unspecified atom stereocenters. The summed E-state index contributed by atoms with van der Waals surface area (Å²) in [5, 5.41) is 11.5. The first-order valence-corrected chi connectivity index (χ1v) is 11.9. The van der Waals surface area contributed by atoms with Crippen LogP contribution in [0.3, 0.4) is 0 Å². The number of Topliss-reactive ketones (excluding diaryl/α,β-unsaturated/α-hetero) is 1. The van der Waals surface area contributed by atoms with Gasteiger partial charge >= 0.3 is 0 Å². The molecule has 1 atom stereocenters. The summed E-state index contributed by atoms with van der Waals surface area (Å²) in [4.78, 5) is 32.6. The van der Waals surface area contributed by atoms with Crippen molar-refractivity contribution >= 4 is 23.1 Å². The number of imidazole rings is 1. The van der Waals surface area contributed by atoms with Gasteiger partial charge in [0.25, 0.3) is 11.7 Å². The molecule has 8 heteroatoms. The van der Waals surface area contributed by atoms with Gasteiger partial charge in [-0.1, -0.05) is 25.1 Å². The Balaban J connectivity index is 1.65. The minimum Gasteiger partial charge on any atom is -0.505 e. The Bertz CT molecular complexity index is 1470. The topological polar surface area (TPSA) is 97.3 Å². The number of aromatic nitrogens is 2. The summed E-state index contributed by atoms with van der Waals surface area (Å²) in [5.41, 5.74) is 3.22. The number of carbonyl (C=O) groups excluding carboxylic acids is 2. The third kappa shape index (κ3) is 3.94. The predicted octanol–water partition coefficient (Wildman–Crippen LogP) is 4.95. The van der Waals surface area contributed by atoms with E-state index in [1.807, 2.05) is 55.6 Å². The van der Waals surface area contributed by atoms with Crippen LogP contribution in [0.4, 0.5) is 0 Å². The standard InChI is InChI=1S/C28H27N3O5/c1-4-14-35-20-11-9-19(10-12-20)24-22(26(33)28(34)31(24)16-21-8-6-15-36-21)25(32)23-18(3)30-13-5-7-17(2)27(30)29-23/h5-13,15,24,32H,4,14,16H2,1-3H3. The first-order chi connectivity index (χ1) is 17.4. The van der Waals surface area contributed by atoms with E-state index in [2.05, 4.69) is 4.98 Å². The van der Waals surface area contributed by atoms with Gasteiger partial charge in [0.15, 0.2) is 5.76 Å². The van der Waals surface area contributed by atoms with Crippen molar-refractivity contribution in [1.82, 2.24) is 14.3 Å². The molecule has 1 amide bonds. The van der Waals surface area contributed by atoms with Crippen LogP contribution in [-0.2, 0) is 16.1 Å². The molecule has 0 aliphatic carbocycles. The quantitative estimate of drug-likeness (QED) is 0.226. The van der Waals surface area contributed by atoms with Crippen LogP contribution in [-0.4, -0.2) is 37.7 Å². The fraction of sp³-hybridized carbons (Fsp3) is 0.250. The summed E-state index contributed by atoms with van der Waals surface area (Å²) in [6.07, 6.45) is 4.25. The molecular formula is C28H27N3O5. The second-order valence-corrected chi connectivity index (χ2v) is 8.85. The molecular weight excluding hydrogens is 458 g/mol. The molecule has 4 heterocycles. The van der Waals surface area contributed by atoms with E-state index in [4.69, 9.17) is 9.15 Å². The number of benzene rings is 1. The molecule has 1 aliphatic rings. The van der Waals surface area contributed by atoms with Crippen molar-refractivity contribution in [2.24, 2.45) is 0 Å². The van der Waals surface area contributed by atoms with E-state index in [-0.39, 0.29) is 23.6 Å². The van der Waals surface area contributed by atoms with E-state index >= 15 is 0 Å². The molecule has 36 heavy (non-hydrogen) atoms. The third-order valence-corrected chi connectivity index (χ3v) is 6.42. The predicted molar refractivity (Wildman–Crippen MR) is 133 cm³/mol. The molecule has 0 spiro atoms. The van der Waals surface area contributed by atoms with Gasteiger partial charge < -0.3 is 23.6 Å². The average Bonchev–Trinajstić information content (AvgIpc) is 3.58. The highest BCUT2D eigenvalue weighted by Crippen LogP contribution is 2.41. The number of amides is 1. The molecule has 1 fully saturated rings. The number of ether oxygens (including phenoxy) is 1. The molecule has 0 saturated carbocycles. The van der Waals surface area contributed by atoms with Gasteiger partial charge in [-0.25, -0.2) is 4.98 Å². The van der Waals surface area contributed by atoms with Crippen molar-refractivity contribution in [3.05, 3.63) is 94.8 Å². The van der Waals surface area contributed by atoms with E-state index in [9.17, 15) is 14.7 Å². The molecule has 1 aliphatic heterocycles. The van der Waals surface area contributed by atoms with Crippen molar-refractivity contribution in [2.75, 3.05) is 6.61 Å². The van der Waals surface area contributed by atoms with E-state index in [0.717, 1.165) is 12.0 Å². The summed E-state index contributed by atoms with van der Waals surface area (Å²) in [6, 6.07) is 13.7. The fourth-order valence-corrected chi connectivity index (χ4v) is 4.60. The van der Waals surface area contributed by atoms with Gasteiger partial charge in [-0.2, -0.15) is 0 Å². The maximum Gasteiger partial charge on any atom is 0.296 e. The van der Waals surface area contributed by atoms with Crippen molar-refractivity contribution in [2.45, 2.75) is 39.8 Å². The van der Waals surface area contributed by atoms with Crippen LogP contribution in [0.2, 0.25) is 0 Å². The highest BCUT2D eigenvalue weighted by Gasteiger charge is 2.47. The number of likely N-dealkylation sites (tertiary alicyclic amines) is 1. The first-order valence-electron chi connectivity index (χ1n) is 11.9. The molecule has 8 nitrogen and oxygen atoms in total. The van der Waals surface area contributed by atoms with Gasteiger partial charge in [-0.05, 0) is 61.7 Å². The van der Waals surface area contributed by atoms with E-state index < -0.39 is 17.7 Å².